The first-order chi connectivity index (χ1) is 16.9. The number of carbonyl (C=O) groups is 1. The molecule has 0 saturated carbocycles. The Kier molecular flexibility index (Phi) is 6.03. The van der Waals surface area contributed by atoms with Gasteiger partial charge >= 0.3 is 6.03 Å². The first-order valence-electron chi connectivity index (χ1n) is 11.6. The lowest BCUT2D eigenvalue weighted by Crippen LogP contribution is -2.56. The second-order valence-electron chi connectivity index (χ2n) is 8.77. The number of nitrogens with zero attached hydrogens (tertiary/aromatic N) is 3. The van der Waals surface area contributed by atoms with Crippen molar-refractivity contribution >= 4 is 23.2 Å². The average molecular weight is 475 g/mol. The Bertz CT molecular complexity index is 1310. The fourth-order valence-electron chi connectivity index (χ4n) is 4.43. The van der Waals surface area contributed by atoms with E-state index < -0.39 is 5.82 Å². The summed E-state index contributed by atoms with van der Waals surface area (Å²) >= 11 is 0. The zero-order valence-corrected chi connectivity index (χ0v) is 19.9. The number of methoxy groups -OCH3 is 1. The molecule has 35 heavy (non-hydrogen) atoms. The summed E-state index contributed by atoms with van der Waals surface area (Å²) in [6.07, 6.45) is 0. The Morgan fingerprint density at radius 3 is 2.71 bits per heavy atom. The van der Waals surface area contributed by atoms with Crippen LogP contribution in [0.1, 0.15) is 18.1 Å². The maximum absolute atomic E-state index is 14.0. The highest BCUT2D eigenvalue weighted by molar-refractivity contribution is 6.04. The van der Waals surface area contributed by atoms with Gasteiger partial charge in [-0.25, -0.2) is 14.2 Å². The van der Waals surface area contributed by atoms with Crippen LogP contribution in [0.2, 0.25) is 0 Å². The molecular formula is C27H27FN4O3. The van der Waals surface area contributed by atoms with Crippen LogP contribution in [0.15, 0.2) is 65.7 Å². The molecule has 1 fully saturated rings. The third kappa shape index (κ3) is 4.51. The van der Waals surface area contributed by atoms with Crippen LogP contribution < -0.4 is 14.8 Å². The monoisotopic (exact) mass is 474 g/mol. The molecule has 2 heterocycles. The first-order valence-corrected chi connectivity index (χ1v) is 11.6. The molecule has 1 N–H and O–H groups in total. The number of hydrogen-bond donors (Lipinski definition) is 1. The van der Waals surface area contributed by atoms with Gasteiger partial charge in [-0.05, 0) is 61.9 Å². The van der Waals surface area contributed by atoms with Crippen molar-refractivity contribution in [3.63, 3.8) is 0 Å². The zero-order chi connectivity index (χ0) is 24.5. The first kappa shape index (κ1) is 22.7. The van der Waals surface area contributed by atoms with Gasteiger partial charge in [0.1, 0.15) is 28.8 Å². The molecule has 1 atom stereocenters. The van der Waals surface area contributed by atoms with E-state index in [4.69, 9.17) is 14.5 Å². The maximum atomic E-state index is 14.0. The third-order valence-electron chi connectivity index (χ3n) is 6.29. The van der Waals surface area contributed by atoms with Crippen molar-refractivity contribution in [2.24, 2.45) is 4.99 Å². The molecule has 8 heteroatoms. The molecule has 7 nitrogen and oxygen atoms in total. The molecule has 180 valence electrons. The lowest BCUT2D eigenvalue weighted by Gasteiger charge is -2.41. The number of hydrogen-bond acceptors (Lipinski definition) is 5. The third-order valence-corrected chi connectivity index (χ3v) is 6.29. The van der Waals surface area contributed by atoms with Gasteiger partial charge in [0.05, 0.1) is 18.4 Å². The molecular weight excluding hydrogens is 447 g/mol. The highest BCUT2D eigenvalue weighted by Crippen LogP contribution is 2.40. The van der Waals surface area contributed by atoms with Gasteiger partial charge in [-0.3, -0.25) is 0 Å². The summed E-state index contributed by atoms with van der Waals surface area (Å²) in [4.78, 5) is 21.8. The van der Waals surface area contributed by atoms with E-state index >= 15 is 0 Å². The summed E-state index contributed by atoms with van der Waals surface area (Å²) in [6.45, 7) is 5.57. The van der Waals surface area contributed by atoms with Crippen LogP contribution in [-0.4, -0.2) is 54.5 Å². The number of benzene rings is 3. The smallest absolute Gasteiger partial charge is 0.322 e. The van der Waals surface area contributed by atoms with E-state index in [2.05, 4.69) is 10.2 Å². The Morgan fingerprint density at radius 1 is 1.11 bits per heavy atom. The van der Waals surface area contributed by atoms with Crippen molar-refractivity contribution in [2.45, 2.75) is 19.9 Å². The van der Waals surface area contributed by atoms with Crippen LogP contribution in [0.25, 0.3) is 0 Å². The van der Waals surface area contributed by atoms with Gasteiger partial charge in [-0.1, -0.05) is 18.2 Å². The number of para-hydroxylation sites is 1. The molecule has 0 aromatic heterocycles. The van der Waals surface area contributed by atoms with Gasteiger partial charge in [0.2, 0.25) is 0 Å². The molecule has 0 bridgehead atoms. The number of rotatable bonds is 2. The molecule has 0 spiro atoms. The lowest BCUT2D eigenvalue weighted by molar-refractivity contribution is 0.144. The van der Waals surface area contributed by atoms with Crippen LogP contribution in [-0.2, 0) is 0 Å². The summed E-state index contributed by atoms with van der Waals surface area (Å²) in [7, 11) is 1.63. The number of amides is 2. The molecule has 2 amide bonds. The van der Waals surface area contributed by atoms with Crippen molar-refractivity contribution in [3.05, 3.63) is 77.6 Å². The number of aryl methyl sites for hydroxylation is 1. The van der Waals surface area contributed by atoms with E-state index in [9.17, 15) is 9.18 Å². The van der Waals surface area contributed by atoms with E-state index in [1.165, 1.54) is 6.07 Å². The minimum Gasteiger partial charge on any atom is -0.497 e. The normalized spacial score (nSPS) is 16.9. The number of anilines is 1. The van der Waals surface area contributed by atoms with Crippen molar-refractivity contribution in [1.82, 2.24) is 9.80 Å². The number of urea groups is 1. The molecule has 0 aliphatic carbocycles. The van der Waals surface area contributed by atoms with Crippen molar-refractivity contribution in [3.8, 4) is 17.2 Å². The molecule has 3 aromatic carbocycles. The summed E-state index contributed by atoms with van der Waals surface area (Å²) < 4.78 is 25.8. The van der Waals surface area contributed by atoms with Crippen LogP contribution in [0.4, 0.5) is 20.6 Å². The fourth-order valence-corrected chi connectivity index (χ4v) is 4.43. The van der Waals surface area contributed by atoms with E-state index in [1.807, 2.05) is 50.2 Å². The number of nitrogens with one attached hydrogen (secondary N) is 1. The fraction of sp³-hybridized carbons (Fsp3) is 0.259. The van der Waals surface area contributed by atoms with Crippen molar-refractivity contribution in [1.29, 1.82) is 0 Å². The number of ether oxygens (including phenoxy) is 2. The van der Waals surface area contributed by atoms with Crippen molar-refractivity contribution in [2.75, 3.05) is 32.1 Å². The van der Waals surface area contributed by atoms with Crippen molar-refractivity contribution < 1.29 is 18.7 Å². The molecule has 2 aliphatic heterocycles. The second kappa shape index (κ2) is 9.29. The van der Waals surface area contributed by atoms with E-state index in [-0.39, 0.29) is 17.8 Å². The number of piperazine rings is 1. The average Bonchev–Trinajstić information content (AvgIpc) is 3.01. The predicted octanol–water partition coefficient (Wildman–Crippen LogP) is 5.56. The lowest BCUT2D eigenvalue weighted by atomic mass is 10.1. The van der Waals surface area contributed by atoms with E-state index in [1.54, 1.807) is 30.2 Å². The molecule has 5 rings (SSSR count). The molecule has 2 aliphatic rings. The highest BCUT2D eigenvalue weighted by Gasteiger charge is 2.32. The summed E-state index contributed by atoms with van der Waals surface area (Å²) in [6, 6.07) is 17.3. The Balaban J connectivity index is 1.43. The van der Waals surface area contributed by atoms with Crippen LogP contribution in [0.5, 0.6) is 17.2 Å². The maximum Gasteiger partial charge on any atom is 0.322 e. The number of halogens is 1. The quantitative estimate of drug-likeness (QED) is 0.528. The number of fused-ring (bicyclic) bond motifs is 2. The number of aliphatic imine (C=N–C) groups is 1. The molecule has 3 aromatic rings. The van der Waals surface area contributed by atoms with Gasteiger partial charge in [-0.2, -0.15) is 0 Å². The van der Waals surface area contributed by atoms with Gasteiger partial charge in [0, 0.05) is 25.7 Å². The standard InChI is InChI=1S/C27H27FN4O3/c1-17-8-10-23-25(14-17)35-24-11-9-19(34-3)15-20(24)26(29-23)31-12-13-32(18(2)16-31)27(33)30-22-7-5-4-6-21(22)28/h4-11,14-15,18H,12-13,16H2,1-3H3,(H,30,33). The summed E-state index contributed by atoms with van der Waals surface area (Å²) in [5.41, 5.74) is 2.83. The highest BCUT2D eigenvalue weighted by atomic mass is 19.1. The van der Waals surface area contributed by atoms with Gasteiger partial charge < -0.3 is 24.6 Å². The topological polar surface area (TPSA) is 66.4 Å². The summed E-state index contributed by atoms with van der Waals surface area (Å²) in [5, 5.41) is 2.69. The minimum atomic E-state index is -0.459. The van der Waals surface area contributed by atoms with Crippen LogP contribution in [0, 0.1) is 12.7 Å². The van der Waals surface area contributed by atoms with Gasteiger partial charge in [0.15, 0.2) is 5.75 Å². The largest absolute Gasteiger partial charge is 0.497 e. The van der Waals surface area contributed by atoms with Gasteiger partial charge in [-0.15, -0.1) is 0 Å². The van der Waals surface area contributed by atoms with Crippen LogP contribution >= 0.6 is 0 Å². The van der Waals surface area contributed by atoms with Gasteiger partial charge in [0.25, 0.3) is 0 Å². The Morgan fingerprint density at radius 2 is 1.94 bits per heavy atom. The Labute approximate surface area is 203 Å². The Hall–Kier alpha value is -4.07. The molecule has 1 unspecified atom stereocenters. The zero-order valence-electron chi connectivity index (χ0n) is 19.9. The van der Waals surface area contributed by atoms with Crippen LogP contribution in [0.3, 0.4) is 0 Å². The number of carbonyl (C=O) groups excluding carboxylic acids is 1. The second-order valence-corrected chi connectivity index (χ2v) is 8.77. The SMILES string of the molecule is COc1ccc2c(c1)C(N1CCN(C(=O)Nc3ccccc3F)C(C)C1)=Nc1ccc(C)cc1O2. The minimum absolute atomic E-state index is 0.131. The predicted molar refractivity (Wildman–Crippen MR) is 134 cm³/mol. The molecule has 0 radical (unpaired) electrons. The van der Waals surface area contributed by atoms with E-state index in [0.717, 1.165) is 22.6 Å². The summed E-state index contributed by atoms with van der Waals surface area (Å²) in [5.74, 6) is 2.41. The number of amidine groups is 1. The van der Waals surface area contributed by atoms with E-state index in [0.29, 0.717) is 36.9 Å². The molecule has 1 saturated heterocycles.